The molecule has 0 aromatic carbocycles. The molecule has 120 valence electrons. The molecule has 3 nitrogen and oxygen atoms in total. The van der Waals surface area contributed by atoms with E-state index in [1.54, 1.807) is 0 Å². The van der Waals surface area contributed by atoms with Crippen molar-refractivity contribution in [1.82, 2.24) is 14.5 Å². The van der Waals surface area contributed by atoms with Gasteiger partial charge in [0, 0.05) is 29.7 Å². The van der Waals surface area contributed by atoms with Gasteiger partial charge in [-0.1, -0.05) is 13.8 Å². The molecule has 0 aliphatic carbocycles. The predicted octanol–water partition coefficient (Wildman–Crippen LogP) is 5.42. The molecule has 0 spiro atoms. The maximum absolute atomic E-state index is 4.96. The average molecular weight is 307 g/mol. The largest absolute Gasteiger partial charge is 0.343 e. The van der Waals surface area contributed by atoms with Crippen molar-refractivity contribution in [3.05, 3.63) is 47.4 Å². The van der Waals surface area contributed by atoms with E-state index in [1.165, 1.54) is 16.6 Å². The molecular formula is C20H25N3. The molecule has 0 saturated carbocycles. The molecular weight excluding hydrogens is 282 g/mol. The van der Waals surface area contributed by atoms with E-state index >= 15 is 0 Å². The Bertz CT molecular complexity index is 839. The van der Waals surface area contributed by atoms with Gasteiger partial charge in [-0.15, -0.1) is 0 Å². The van der Waals surface area contributed by atoms with Gasteiger partial charge in [-0.2, -0.15) is 0 Å². The van der Waals surface area contributed by atoms with Crippen LogP contribution >= 0.6 is 0 Å². The van der Waals surface area contributed by atoms with E-state index in [2.05, 4.69) is 75.5 Å². The van der Waals surface area contributed by atoms with Crippen LogP contribution in [0, 0.1) is 13.8 Å². The Morgan fingerprint density at radius 3 is 2.30 bits per heavy atom. The van der Waals surface area contributed by atoms with Crippen molar-refractivity contribution in [1.29, 1.82) is 0 Å². The molecule has 0 atom stereocenters. The molecule has 0 aliphatic heterocycles. The zero-order valence-corrected chi connectivity index (χ0v) is 14.9. The van der Waals surface area contributed by atoms with Crippen LogP contribution in [0.25, 0.3) is 22.3 Å². The summed E-state index contributed by atoms with van der Waals surface area (Å²) >= 11 is 0. The number of fused-ring (bicyclic) bond motifs is 1. The van der Waals surface area contributed by atoms with Crippen LogP contribution in [0.2, 0.25) is 0 Å². The maximum atomic E-state index is 4.96. The lowest BCUT2D eigenvalue weighted by atomic mass is 10.0. The van der Waals surface area contributed by atoms with Crippen LogP contribution in [-0.2, 0) is 0 Å². The van der Waals surface area contributed by atoms with Gasteiger partial charge in [-0.25, -0.2) is 4.98 Å². The second kappa shape index (κ2) is 5.80. The molecule has 0 bridgehead atoms. The summed E-state index contributed by atoms with van der Waals surface area (Å²) in [6.45, 7) is 13.0. The highest BCUT2D eigenvalue weighted by molar-refractivity contribution is 5.84. The van der Waals surface area contributed by atoms with Gasteiger partial charge < -0.3 is 4.57 Å². The van der Waals surface area contributed by atoms with Crippen molar-refractivity contribution in [2.75, 3.05) is 0 Å². The minimum absolute atomic E-state index is 0.435. The Balaban J connectivity index is 2.15. The van der Waals surface area contributed by atoms with Crippen LogP contribution in [0.5, 0.6) is 0 Å². The summed E-state index contributed by atoms with van der Waals surface area (Å²) in [7, 11) is 0. The quantitative estimate of drug-likeness (QED) is 0.647. The fourth-order valence-corrected chi connectivity index (χ4v) is 3.03. The van der Waals surface area contributed by atoms with E-state index < -0.39 is 0 Å². The minimum atomic E-state index is 0.435. The number of rotatable bonds is 3. The lowest BCUT2D eigenvalue weighted by Crippen LogP contribution is -1.99. The maximum Gasteiger partial charge on any atom is 0.0917 e. The third-order valence-electron chi connectivity index (χ3n) is 4.39. The minimum Gasteiger partial charge on any atom is -0.343 e. The first kappa shape index (κ1) is 15.7. The first-order valence-corrected chi connectivity index (χ1v) is 8.33. The summed E-state index contributed by atoms with van der Waals surface area (Å²) in [4.78, 5) is 9.55. The average Bonchev–Trinajstić information content (AvgIpc) is 2.83. The van der Waals surface area contributed by atoms with E-state index in [1.807, 2.05) is 6.20 Å². The summed E-state index contributed by atoms with van der Waals surface area (Å²) in [5.41, 5.74) is 7.96. The first-order chi connectivity index (χ1) is 10.9. The number of hydrogen-bond acceptors (Lipinski definition) is 2. The molecule has 0 unspecified atom stereocenters. The second-order valence-corrected chi connectivity index (χ2v) is 6.96. The van der Waals surface area contributed by atoms with Crippen LogP contribution in [0.4, 0.5) is 0 Å². The Labute approximate surface area is 138 Å². The standard InChI is InChI=1S/C20H25N3/c1-12(2)17-8-7-16(10-21-17)19-14(5)9-18-20(22-19)15(6)11-23(18)13(3)4/h7-13H,1-6H3. The zero-order chi connectivity index (χ0) is 16.7. The monoisotopic (exact) mass is 307 g/mol. The number of nitrogens with zero attached hydrogens (tertiary/aromatic N) is 3. The molecule has 0 radical (unpaired) electrons. The summed E-state index contributed by atoms with van der Waals surface area (Å²) < 4.78 is 2.30. The van der Waals surface area contributed by atoms with Gasteiger partial charge in [0.1, 0.15) is 0 Å². The topological polar surface area (TPSA) is 30.7 Å². The number of aryl methyl sites for hydroxylation is 2. The summed E-state index contributed by atoms with van der Waals surface area (Å²) in [6, 6.07) is 6.93. The van der Waals surface area contributed by atoms with E-state index in [9.17, 15) is 0 Å². The van der Waals surface area contributed by atoms with E-state index in [4.69, 9.17) is 4.98 Å². The van der Waals surface area contributed by atoms with Crippen LogP contribution < -0.4 is 0 Å². The summed E-state index contributed by atoms with van der Waals surface area (Å²) in [5, 5.41) is 0. The van der Waals surface area contributed by atoms with Gasteiger partial charge in [0.2, 0.25) is 0 Å². The molecule has 0 aliphatic rings. The van der Waals surface area contributed by atoms with Gasteiger partial charge in [-0.3, -0.25) is 4.98 Å². The van der Waals surface area contributed by atoms with Crippen LogP contribution in [0.3, 0.4) is 0 Å². The molecule has 3 aromatic rings. The zero-order valence-electron chi connectivity index (χ0n) is 14.9. The molecule has 23 heavy (non-hydrogen) atoms. The normalized spacial score (nSPS) is 11.8. The molecule has 3 rings (SSSR count). The molecule has 0 fully saturated rings. The van der Waals surface area contributed by atoms with E-state index in [0.29, 0.717) is 12.0 Å². The van der Waals surface area contributed by atoms with Crippen LogP contribution in [0.1, 0.15) is 56.5 Å². The fourth-order valence-electron chi connectivity index (χ4n) is 3.03. The Morgan fingerprint density at radius 2 is 1.74 bits per heavy atom. The predicted molar refractivity (Wildman–Crippen MR) is 96.9 cm³/mol. The third-order valence-corrected chi connectivity index (χ3v) is 4.39. The van der Waals surface area contributed by atoms with E-state index in [-0.39, 0.29) is 0 Å². The van der Waals surface area contributed by atoms with Crippen molar-refractivity contribution in [2.24, 2.45) is 0 Å². The summed E-state index contributed by atoms with van der Waals surface area (Å²) in [6.07, 6.45) is 4.15. The van der Waals surface area contributed by atoms with Gasteiger partial charge >= 0.3 is 0 Å². The first-order valence-electron chi connectivity index (χ1n) is 8.33. The third kappa shape index (κ3) is 2.76. The molecule has 0 saturated heterocycles. The van der Waals surface area contributed by atoms with Crippen LogP contribution in [-0.4, -0.2) is 14.5 Å². The highest BCUT2D eigenvalue weighted by atomic mass is 15.0. The SMILES string of the molecule is Cc1cc2c(nc1-c1ccc(C(C)C)nc1)c(C)cn2C(C)C. The van der Waals surface area contributed by atoms with Crippen molar-refractivity contribution >= 4 is 11.0 Å². The molecule has 3 aromatic heterocycles. The van der Waals surface area contributed by atoms with Crippen molar-refractivity contribution in [2.45, 2.75) is 53.5 Å². The van der Waals surface area contributed by atoms with Crippen molar-refractivity contribution in [3.63, 3.8) is 0 Å². The smallest absolute Gasteiger partial charge is 0.0917 e. The van der Waals surface area contributed by atoms with Crippen molar-refractivity contribution < 1.29 is 0 Å². The van der Waals surface area contributed by atoms with E-state index in [0.717, 1.165) is 22.5 Å². The lowest BCUT2D eigenvalue weighted by molar-refractivity contribution is 0.621. The molecule has 0 N–H and O–H groups in total. The highest BCUT2D eigenvalue weighted by Gasteiger charge is 2.14. The summed E-state index contributed by atoms with van der Waals surface area (Å²) in [5.74, 6) is 0.447. The van der Waals surface area contributed by atoms with Crippen molar-refractivity contribution in [3.8, 4) is 11.3 Å². The lowest BCUT2D eigenvalue weighted by Gasteiger charge is -2.11. The fraction of sp³-hybridized carbons (Fsp3) is 0.400. The number of pyridine rings is 2. The van der Waals surface area contributed by atoms with Crippen LogP contribution in [0.15, 0.2) is 30.6 Å². The van der Waals surface area contributed by atoms with Gasteiger partial charge in [-0.05, 0) is 62.9 Å². The second-order valence-electron chi connectivity index (χ2n) is 6.96. The Kier molecular flexibility index (Phi) is 3.97. The molecule has 3 heteroatoms. The van der Waals surface area contributed by atoms with Gasteiger partial charge in [0.15, 0.2) is 0 Å². The number of hydrogen-bond donors (Lipinski definition) is 0. The van der Waals surface area contributed by atoms with Gasteiger partial charge in [0.05, 0.1) is 16.7 Å². The molecule has 3 heterocycles. The van der Waals surface area contributed by atoms with Gasteiger partial charge in [0.25, 0.3) is 0 Å². The molecule has 0 amide bonds. The Hall–Kier alpha value is -2.16. The Morgan fingerprint density at radius 1 is 1.00 bits per heavy atom. The highest BCUT2D eigenvalue weighted by Crippen LogP contribution is 2.29. The number of aromatic nitrogens is 3.